The molecule has 1 aliphatic carbocycles. The maximum absolute atomic E-state index is 12.4. The molecule has 0 bridgehead atoms. The zero-order valence-corrected chi connectivity index (χ0v) is 17.0. The molecule has 4 rings (SSSR count). The molecule has 31 heavy (non-hydrogen) atoms. The van der Waals surface area contributed by atoms with Gasteiger partial charge in [-0.1, -0.05) is 18.2 Å². The molecule has 1 N–H and O–H groups in total. The maximum Gasteiger partial charge on any atom is 0.522 e. The number of aromatic nitrogens is 2. The van der Waals surface area contributed by atoms with Gasteiger partial charge in [0.15, 0.2) is 6.10 Å². The number of hydrogen-bond acceptors (Lipinski definition) is 6. The minimum Gasteiger partial charge on any atom is -0.480 e. The number of aryl methyl sites for hydroxylation is 1. The van der Waals surface area contributed by atoms with E-state index in [4.69, 9.17) is 20.8 Å². The van der Waals surface area contributed by atoms with Crippen LogP contribution in [0.5, 0.6) is 5.75 Å². The molecule has 1 aromatic heterocycles. The van der Waals surface area contributed by atoms with Gasteiger partial charge in [-0.2, -0.15) is 0 Å². The average molecular weight is 458 g/mol. The normalized spacial score (nSPS) is 22.4. The standard InChI is InChI=1S/C20H19ClF3N3O4/c1-10(25-18(28)16-9-11-6-13(21)3-4-15(11)29-16)2-5-17-26-27-19(30-17)12-7-14(8-12)31-20(22,23)24/h3-4,6,12,14,16H,1-2,5,7-9H2,(H,25,28)/t12?,14?,16-/m0/s1. The summed E-state index contributed by atoms with van der Waals surface area (Å²) in [4.78, 5) is 12.4. The molecule has 2 aliphatic rings. The first kappa shape index (κ1) is 21.6. The van der Waals surface area contributed by atoms with Crippen LogP contribution in [0.2, 0.25) is 5.02 Å². The number of benzene rings is 1. The number of fused-ring (bicyclic) bond motifs is 1. The molecule has 0 unspecified atom stereocenters. The first-order valence-corrected chi connectivity index (χ1v) is 10.0. The predicted octanol–water partition coefficient (Wildman–Crippen LogP) is 4.07. The second-order valence-corrected chi connectivity index (χ2v) is 7.98. The first-order chi connectivity index (χ1) is 14.7. The number of alkyl halides is 3. The summed E-state index contributed by atoms with van der Waals surface area (Å²) in [5.41, 5.74) is 1.33. The summed E-state index contributed by atoms with van der Waals surface area (Å²) >= 11 is 5.96. The summed E-state index contributed by atoms with van der Waals surface area (Å²) < 4.78 is 51.7. The number of ether oxygens (including phenoxy) is 2. The van der Waals surface area contributed by atoms with Crippen molar-refractivity contribution >= 4 is 17.5 Å². The van der Waals surface area contributed by atoms with E-state index in [0.717, 1.165) is 5.56 Å². The second-order valence-electron chi connectivity index (χ2n) is 7.54. The summed E-state index contributed by atoms with van der Waals surface area (Å²) in [7, 11) is 0. The highest BCUT2D eigenvalue weighted by Gasteiger charge is 2.42. The van der Waals surface area contributed by atoms with Crippen LogP contribution in [-0.2, 0) is 22.4 Å². The molecule has 0 radical (unpaired) electrons. The van der Waals surface area contributed by atoms with Crippen molar-refractivity contribution in [3.05, 3.63) is 52.8 Å². The number of halogens is 4. The van der Waals surface area contributed by atoms with Crippen LogP contribution in [0.4, 0.5) is 13.2 Å². The van der Waals surface area contributed by atoms with Gasteiger partial charge in [-0.05, 0) is 43.0 Å². The van der Waals surface area contributed by atoms with Gasteiger partial charge in [0.2, 0.25) is 11.8 Å². The zero-order chi connectivity index (χ0) is 22.2. The molecule has 1 amide bonds. The summed E-state index contributed by atoms with van der Waals surface area (Å²) in [6, 6.07) is 5.20. The van der Waals surface area contributed by atoms with Gasteiger partial charge >= 0.3 is 6.36 Å². The number of nitrogens with zero attached hydrogens (tertiary/aromatic N) is 2. The summed E-state index contributed by atoms with van der Waals surface area (Å²) in [6.07, 6.45) is -4.70. The van der Waals surface area contributed by atoms with Crippen molar-refractivity contribution in [2.75, 3.05) is 0 Å². The van der Waals surface area contributed by atoms with E-state index in [2.05, 4.69) is 26.8 Å². The molecular formula is C20H19ClF3N3O4. The SMILES string of the molecule is C=C(CCc1nnc(C2CC(OC(F)(F)F)C2)o1)NC(=O)[C@@H]1Cc2cc(Cl)ccc2O1. The molecule has 1 aromatic carbocycles. The van der Waals surface area contributed by atoms with Crippen molar-refractivity contribution < 1.29 is 31.9 Å². The van der Waals surface area contributed by atoms with Crippen LogP contribution in [-0.4, -0.2) is 34.7 Å². The molecule has 2 aromatic rings. The molecule has 1 saturated carbocycles. The number of allylic oxidation sites excluding steroid dienone is 1. The quantitative estimate of drug-likeness (QED) is 0.674. The van der Waals surface area contributed by atoms with Crippen LogP contribution in [0.1, 0.15) is 42.5 Å². The molecule has 1 atom stereocenters. The van der Waals surface area contributed by atoms with Gasteiger partial charge in [-0.15, -0.1) is 23.4 Å². The van der Waals surface area contributed by atoms with Gasteiger partial charge in [-0.3, -0.25) is 9.53 Å². The third kappa shape index (κ3) is 5.37. The van der Waals surface area contributed by atoms with Crippen molar-refractivity contribution in [2.24, 2.45) is 0 Å². The van der Waals surface area contributed by atoms with Crippen molar-refractivity contribution in [3.8, 4) is 5.75 Å². The van der Waals surface area contributed by atoms with Crippen LogP contribution in [0.15, 0.2) is 34.9 Å². The van der Waals surface area contributed by atoms with Gasteiger partial charge in [0.25, 0.3) is 5.91 Å². The van der Waals surface area contributed by atoms with Crippen LogP contribution < -0.4 is 10.1 Å². The Hall–Kier alpha value is -2.59. The maximum atomic E-state index is 12.4. The van der Waals surface area contributed by atoms with Crippen LogP contribution in [0.25, 0.3) is 0 Å². The van der Waals surface area contributed by atoms with E-state index in [9.17, 15) is 18.0 Å². The number of carbonyl (C=O) groups excluding carboxylic acids is 1. The summed E-state index contributed by atoms with van der Waals surface area (Å²) in [6.45, 7) is 3.84. The lowest BCUT2D eigenvalue weighted by Gasteiger charge is -2.32. The average Bonchev–Trinajstić information content (AvgIpc) is 3.28. The van der Waals surface area contributed by atoms with Crippen LogP contribution >= 0.6 is 11.6 Å². The van der Waals surface area contributed by atoms with Crippen LogP contribution in [0.3, 0.4) is 0 Å². The monoisotopic (exact) mass is 457 g/mol. The fourth-order valence-corrected chi connectivity index (χ4v) is 3.72. The van der Waals surface area contributed by atoms with Gasteiger partial charge < -0.3 is 14.5 Å². The Bertz CT molecular complexity index is 988. The molecule has 0 spiro atoms. The lowest BCUT2D eigenvalue weighted by Crippen LogP contribution is -2.36. The molecule has 166 valence electrons. The Morgan fingerprint density at radius 2 is 2.10 bits per heavy atom. The van der Waals surface area contributed by atoms with Crippen LogP contribution in [0, 0.1) is 0 Å². The molecule has 11 heteroatoms. The van der Waals surface area contributed by atoms with E-state index in [1.807, 2.05) is 0 Å². The van der Waals surface area contributed by atoms with E-state index in [1.165, 1.54) is 0 Å². The molecule has 0 saturated heterocycles. The highest BCUT2D eigenvalue weighted by Crippen LogP contribution is 2.40. The fourth-order valence-electron chi connectivity index (χ4n) is 3.52. The smallest absolute Gasteiger partial charge is 0.480 e. The first-order valence-electron chi connectivity index (χ1n) is 9.67. The lowest BCUT2D eigenvalue weighted by molar-refractivity contribution is -0.352. The van der Waals surface area contributed by atoms with Crippen molar-refractivity contribution in [1.82, 2.24) is 15.5 Å². The topological polar surface area (TPSA) is 86.5 Å². The highest BCUT2D eigenvalue weighted by atomic mass is 35.5. The largest absolute Gasteiger partial charge is 0.522 e. The third-order valence-electron chi connectivity index (χ3n) is 5.16. The zero-order valence-electron chi connectivity index (χ0n) is 16.2. The number of carbonyl (C=O) groups is 1. The summed E-state index contributed by atoms with van der Waals surface area (Å²) in [5.74, 6) is 0.694. The number of rotatable bonds is 7. The fraction of sp³-hybridized carbons (Fsp3) is 0.450. The Morgan fingerprint density at radius 3 is 2.84 bits per heavy atom. The van der Waals surface area contributed by atoms with Gasteiger partial charge in [0, 0.05) is 29.5 Å². The molecular weight excluding hydrogens is 439 g/mol. The Morgan fingerprint density at radius 1 is 1.32 bits per heavy atom. The van der Waals surface area contributed by atoms with Crippen molar-refractivity contribution in [2.45, 2.75) is 56.6 Å². The number of nitrogens with one attached hydrogen (secondary N) is 1. The third-order valence-corrected chi connectivity index (χ3v) is 5.39. The molecule has 1 aliphatic heterocycles. The molecule has 1 fully saturated rings. The minimum absolute atomic E-state index is 0.179. The van der Waals surface area contributed by atoms with Gasteiger partial charge in [0.1, 0.15) is 5.75 Å². The Labute approximate surface area is 180 Å². The molecule has 7 nitrogen and oxygen atoms in total. The second kappa shape index (κ2) is 8.51. The van der Waals surface area contributed by atoms with E-state index in [-0.39, 0.29) is 24.7 Å². The Balaban J connectivity index is 1.20. The molecule has 2 heterocycles. The van der Waals surface area contributed by atoms with E-state index >= 15 is 0 Å². The van der Waals surface area contributed by atoms with E-state index in [0.29, 0.717) is 47.5 Å². The lowest BCUT2D eigenvalue weighted by atomic mass is 9.82. The van der Waals surface area contributed by atoms with E-state index in [1.54, 1.807) is 18.2 Å². The van der Waals surface area contributed by atoms with Gasteiger partial charge in [0.05, 0.1) is 6.10 Å². The number of hydrogen-bond donors (Lipinski definition) is 1. The number of amides is 1. The van der Waals surface area contributed by atoms with E-state index < -0.39 is 18.6 Å². The highest BCUT2D eigenvalue weighted by molar-refractivity contribution is 6.30. The summed E-state index contributed by atoms with van der Waals surface area (Å²) in [5, 5.41) is 11.1. The predicted molar refractivity (Wildman–Crippen MR) is 102 cm³/mol. The van der Waals surface area contributed by atoms with Gasteiger partial charge in [-0.25, -0.2) is 0 Å². The minimum atomic E-state index is -4.64. The Kier molecular flexibility index (Phi) is 5.94. The van der Waals surface area contributed by atoms with Crippen molar-refractivity contribution in [1.29, 1.82) is 0 Å². The van der Waals surface area contributed by atoms with Crippen molar-refractivity contribution in [3.63, 3.8) is 0 Å².